The number of hydrogen-bond acceptors (Lipinski definition) is 4. The lowest BCUT2D eigenvalue weighted by Gasteiger charge is -2.36. The van der Waals surface area contributed by atoms with E-state index < -0.39 is 0 Å². The van der Waals surface area contributed by atoms with Crippen LogP contribution in [0.4, 0.5) is 10.5 Å². The Hall–Kier alpha value is -3.22. The van der Waals surface area contributed by atoms with Crippen molar-refractivity contribution in [2.45, 2.75) is 13.0 Å². The maximum absolute atomic E-state index is 12.5. The van der Waals surface area contributed by atoms with Crippen molar-refractivity contribution in [2.75, 3.05) is 44.7 Å². The third kappa shape index (κ3) is 4.29. The second-order valence-electron chi connectivity index (χ2n) is 7.16. The molecule has 0 unspecified atom stereocenters. The third-order valence-corrected chi connectivity index (χ3v) is 5.37. The summed E-state index contributed by atoms with van der Waals surface area (Å²) in [5, 5.41) is 3.05. The molecule has 1 aliphatic heterocycles. The number of fused-ring (bicyclic) bond motifs is 1. The predicted octanol–water partition coefficient (Wildman–Crippen LogP) is 2.97. The normalized spacial score (nSPS) is 14.2. The molecule has 0 aliphatic carbocycles. The molecule has 2 aromatic carbocycles. The highest BCUT2D eigenvalue weighted by Gasteiger charge is 2.22. The fraction of sp³-hybridized carbons (Fsp3) is 0.364. The Balaban J connectivity index is 1.22. The van der Waals surface area contributed by atoms with Gasteiger partial charge in [-0.3, -0.25) is 0 Å². The number of hydrogen-bond donors (Lipinski definition) is 1. The molecule has 3 aromatic rings. The molecule has 1 N–H and O–H groups in total. The molecule has 29 heavy (non-hydrogen) atoms. The van der Waals surface area contributed by atoms with Crippen LogP contribution in [-0.2, 0) is 6.54 Å². The van der Waals surface area contributed by atoms with Gasteiger partial charge >= 0.3 is 6.03 Å². The molecule has 1 aliphatic rings. The molecular weight excluding hydrogens is 366 g/mol. The van der Waals surface area contributed by atoms with E-state index in [4.69, 9.17) is 4.74 Å². The zero-order valence-corrected chi connectivity index (χ0v) is 16.8. The van der Waals surface area contributed by atoms with Crippen molar-refractivity contribution < 1.29 is 9.53 Å². The second kappa shape index (κ2) is 8.86. The topological polar surface area (TPSA) is 62.6 Å². The summed E-state index contributed by atoms with van der Waals surface area (Å²) in [6.07, 6.45) is 2.73. The number of nitrogens with one attached hydrogen (secondary N) is 1. The molecule has 1 saturated heterocycles. The van der Waals surface area contributed by atoms with E-state index in [-0.39, 0.29) is 6.03 Å². The highest BCUT2D eigenvalue weighted by atomic mass is 16.5. The molecule has 1 fully saturated rings. The molecule has 1 aromatic heterocycles. The van der Waals surface area contributed by atoms with Gasteiger partial charge in [-0.1, -0.05) is 24.3 Å². The summed E-state index contributed by atoms with van der Waals surface area (Å²) in [4.78, 5) is 21.1. The summed E-state index contributed by atoms with van der Waals surface area (Å²) in [5.74, 6) is 0.873. The fourth-order valence-corrected chi connectivity index (χ4v) is 3.79. The molecule has 2 heterocycles. The van der Waals surface area contributed by atoms with Gasteiger partial charge in [0, 0.05) is 39.3 Å². The van der Waals surface area contributed by atoms with Crippen molar-refractivity contribution >= 4 is 22.8 Å². The van der Waals surface area contributed by atoms with E-state index >= 15 is 0 Å². The van der Waals surface area contributed by atoms with Gasteiger partial charge < -0.3 is 24.4 Å². The monoisotopic (exact) mass is 393 g/mol. The molecule has 0 radical (unpaired) electrons. The summed E-state index contributed by atoms with van der Waals surface area (Å²) in [7, 11) is 1.69. The maximum Gasteiger partial charge on any atom is 0.317 e. The molecule has 0 saturated carbocycles. The number of imidazole rings is 1. The molecule has 4 rings (SSSR count). The van der Waals surface area contributed by atoms with Crippen LogP contribution in [0.3, 0.4) is 0 Å². The SMILES string of the molecule is COc1ccccc1N1CCN(C(=O)NCCCn2cnc3ccccc32)CC1. The number of rotatable bonds is 6. The van der Waals surface area contributed by atoms with Gasteiger partial charge in [0.2, 0.25) is 0 Å². The number of carbonyl (C=O) groups is 1. The first-order chi connectivity index (χ1) is 14.3. The quantitative estimate of drug-likeness (QED) is 0.654. The fourth-order valence-electron chi connectivity index (χ4n) is 3.79. The average Bonchev–Trinajstić information content (AvgIpc) is 3.20. The number of piperazine rings is 1. The van der Waals surface area contributed by atoms with E-state index in [0.717, 1.165) is 48.5 Å². The van der Waals surface area contributed by atoms with Gasteiger partial charge in [0.15, 0.2) is 0 Å². The first-order valence-corrected chi connectivity index (χ1v) is 10.1. The number of aryl methyl sites for hydroxylation is 1. The average molecular weight is 393 g/mol. The van der Waals surface area contributed by atoms with Crippen molar-refractivity contribution in [3.8, 4) is 5.75 Å². The molecule has 152 valence electrons. The number of methoxy groups -OCH3 is 1. The summed E-state index contributed by atoms with van der Waals surface area (Å²) in [6, 6.07) is 16.1. The lowest BCUT2D eigenvalue weighted by atomic mass is 10.2. The molecule has 2 amide bonds. The van der Waals surface area contributed by atoms with Gasteiger partial charge in [0.05, 0.1) is 30.2 Å². The smallest absolute Gasteiger partial charge is 0.317 e. The molecule has 7 heteroatoms. The second-order valence-corrected chi connectivity index (χ2v) is 7.16. The van der Waals surface area contributed by atoms with Crippen molar-refractivity contribution in [2.24, 2.45) is 0 Å². The van der Waals surface area contributed by atoms with Gasteiger partial charge in [0.1, 0.15) is 5.75 Å². The Labute approximate surface area is 170 Å². The van der Waals surface area contributed by atoms with Crippen LogP contribution in [0.25, 0.3) is 11.0 Å². The third-order valence-electron chi connectivity index (χ3n) is 5.37. The van der Waals surface area contributed by atoms with Crippen molar-refractivity contribution in [1.29, 1.82) is 0 Å². The number of ether oxygens (including phenoxy) is 1. The zero-order valence-electron chi connectivity index (χ0n) is 16.8. The Kier molecular flexibility index (Phi) is 5.84. The van der Waals surface area contributed by atoms with E-state index in [9.17, 15) is 4.79 Å². The van der Waals surface area contributed by atoms with Gasteiger partial charge in [-0.15, -0.1) is 0 Å². The minimum Gasteiger partial charge on any atom is -0.495 e. The Morgan fingerprint density at radius 3 is 2.66 bits per heavy atom. The van der Waals surface area contributed by atoms with Crippen LogP contribution in [0.1, 0.15) is 6.42 Å². The molecule has 0 bridgehead atoms. The van der Waals surface area contributed by atoms with E-state index in [1.165, 1.54) is 0 Å². The Morgan fingerprint density at radius 1 is 1.07 bits per heavy atom. The molecule has 0 atom stereocenters. The van der Waals surface area contributed by atoms with Crippen LogP contribution in [0.2, 0.25) is 0 Å². The molecular formula is C22H27N5O2. The summed E-state index contributed by atoms with van der Waals surface area (Å²) in [6.45, 7) is 4.50. The van der Waals surface area contributed by atoms with E-state index in [2.05, 4.69) is 31.9 Å². The number of para-hydroxylation sites is 4. The van der Waals surface area contributed by atoms with E-state index in [1.54, 1.807) is 7.11 Å². The first kappa shape index (κ1) is 19.1. The van der Waals surface area contributed by atoms with Gasteiger partial charge in [-0.05, 0) is 30.7 Å². The van der Waals surface area contributed by atoms with Crippen LogP contribution in [0.5, 0.6) is 5.75 Å². The van der Waals surface area contributed by atoms with Gasteiger partial charge in [-0.2, -0.15) is 0 Å². The van der Waals surface area contributed by atoms with Crippen LogP contribution >= 0.6 is 0 Å². The number of aromatic nitrogens is 2. The molecule has 7 nitrogen and oxygen atoms in total. The van der Waals surface area contributed by atoms with E-state index in [0.29, 0.717) is 19.6 Å². The van der Waals surface area contributed by atoms with Crippen LogP contribution in [0, 0.1) is 0 Å². The minimum absolute atomic E-state index is 0.0140. The van der Waals surface area contributed by atoms with Crippen molar-refractivity contribution in [3.05, 3.63) is 54.9 Å². The van der Waals surface area contributed by atoms with Crippen molar-refractivity contribution in [3.63, 3.8) is 0 Å². The number of anilines is 1. The lowest BCUT2D eigenvalue weighted by Crippen LogP contribution is -2.52. The largest absolute Gasteiger partial charge is 0.495 e. The Bertz CT molecular complexity index is 963. The highest BCUT2D eigenvalue weighted by Crippen LogP contribution is 2.28. The van der Waals surface area contributed by atoms with Crippen LogP contribution in [-0.4, -0.2) is 60.3 Å². The number of nitrogens with zero attached hydrogens (tertiary/aromatic N) is 4. The standard InChI is InChI=1S/C22H27N5O2/c1-29-21-10-5-4-9-20(21)25-13-15-26(16-14-25)22(28)23-11-6-12-27-17-24-18-7-2-3-8-19(18)27/h2-5,7-10,17H,6,11-16H2,1H3,(H,23,28). The summed E-state index contributed by atoms with van der Waals surface area (Å²) in [5.41, 5.74) is 3.22. The summed E-state index contributed by atoms with van der Waals surface area (Å²) >= 11 is 0. The number of urea groups is 1. The van der Waals surface area contributed by atoms with Gasteiger partial charge in [0.25, 0.3) is 0 Å². The number of amides is 2. The van der Waals surface area contributed by atoms with Crippen LogP contribution < -0.4 is 15.0 Å². The van der Waals surface area contributed by atoms with E-state index in [1.807, 2.05) is 47.6 Å². The first-order valence-electron chi connectivity index (χ1n) is 10.1. The highest BCUT2D eigenvalue weighted by molar-refractivity contribution is 5.75. The maximum atomic E-state index is 12.5. The predicted molar refractivity (Wildman–Crippen MR) is 115 cm³/mol. The van der Waals surface area contributed by atoms with Gasteiger partial charge in [-0.25, -0.2) is 9.78 Å². The minimum atomic E-state index is 0.0140. The molecule has 0 spiro atoms. The van der Waals surface area contributed by atoms with Crippen LogP contribution in [0.15, 0.2) is 54.9 Å². The number of carbonyl (C=O) groups excluding carboxylic acids is 1. The zero-order chi connectivity index (χ0) is 20.1. The Morgan fingerprint density at radius 2 is 1.83 bits per heavy atom. The summed E-state index contributed by atoms with van der Waals surface area (Å²) < 4.78 is 7.59. The number of benzene rings is 2. The lowest BCUT2D eigenvalue weighted by molar-refractivity contribution is 0.194. The van der Waals surface area contributed by atoms with Crippen molar-refractivity contribution in [1.82, 2.24) is 19.8 Å².